The van der Waals surface area contributed by atoms with Crippen molar-refractivity contribution in [2.24, 2.45) is 0 Å². The fraction of sp³-hybridized carbons (Fsp3) is 0.308. The van der Waals surface area contributed by atoms with Gasteiger partial charge in [0.1, 0.15) is 6.54 Å². The van der Waals surface area contributed by atoms with Gasteiger partial charge in [-0.1, -0.05) is 19.4 Å². The third-order valence-corrected chi connectivity index (χ3v) is 1.55. The Morgan fingerprint density at radius 3 is 1.47 bits per heavy atom. The van der Waals surface area contributed by atoms with Gasteiger partial charge in [-0.05, 0) is 0 Å². The van der Waals surface area contributed by atoms with Gasteiger partial charge in [-0.3, -0.25) is 27.2 Å². The maximum absolute atomic E-state index is 7.75. The van der Waals surface area contributed by atoms with Crippen LogP contribution in [0.2, 0.25) is 0 Å². The van der Waals surface area contributed by atoms with Gasteiger partial charge in [0.25, 0.3) is 0 Å². The molecule has 0 N–H and O–H groups in total. The van der Waals surface area contributed by atoms with Crippen LogP contribution in [0.1, 0.15) is 19.8 Å². The average Bonchev–Trinajstić information content (AvgIpc) is 2.54. The second-order valence-electron chi connectivity index (χ2n) is 2.47. The quantitative estimate of drug-likeness (QED) is 0.467. The molecule has 1 aromatic heterocycles. The van der Waals surface area contributed by atoms with Crippen molar-refractivity contribution < 1.29 is 40.5 Å². The van der Waals surface area contributed by atoms with Gasteiger partial charge in [-0.2, -0.15) is 0 Å². The Bertz CT molecular complexity index is 229. The summed E-state index contributed by atoms with van der Waals surface area (Å²) >= 11 is 0. The Morgan fingerprint density at radius 1 is 0.789 bits per heavy atom. The van der Waals surface area contributed by atoms with Crippen LogP contribution in [0.25, 0.3) is 0 Å². The first-order chi connectivity index (χ1) is 8.93. The molecule has 5 nitrogen and oxygen atoms in total. The van der Waals surface area contributed by atoms with E-state index >= 15 is 0 Å². The van der Waals surface area contributed by atoms with Crippen molar-refractivity contribution in [2.45, 2.75) is 26.3 Å². The van der Waals surface area contributed by atoms with Crippen LogP contribution in [-0.2, 0) is 42.5 Å². The van der Waals surface area contributed by atoms with Crippen LogP contribution in [0.15, 0.2) is 30.6 Å². The predicted octanol–water partition coefficient (Wildman–Crippen LogP) is 0.675. The van der Waals surface area contributed by atoms with E-state index in [1.54, 1.807) is 0 Å². The van der Waals surface area contributed by atoms with E-state index in [1.165, 1.54) is 12.8 Å². The molecule has 0 spiro atoms. The topological polar surface area (TPSA) is 72.2 Å². The van der Waals surface area contributed by atoms with Crippen LogP contribution in [0, 0.1) is 0 Å². The number of nitrogens with zero attached hydrogens (tertiary/aromatic N) is 1. The molecule has 111 valence electrons. The number of aryl methyl sites for hydroxylation is 1. The first-order valence-electron chi connectivity index (χ1n) is 4.82. The number of rotatable bonds is 3. The largest absolute Gasteiger partial charge is 0.545 e. The van der Waals surface area contributed by atoms with E-state index in [2.05, 4.69) is 63.2 Å². The first-order valence-corrected chi connectivity index (χ1v) is 4.82. The molecule has 0 aliphatic carbocycles. The van der Waals surface area contributed by atoms with Crippen molar-refractivity contribution in [3.8, 4) is 0 Å². The summed E-state index contributed by atoms with van der Waals surface area (Å²) < 4.78 is 2.21. The molecule has 1 aromatic rings. The molecule has 0 bridgehead atoms. The summed E-state index contributed by atoms with van der Waals surface area (Å²) in [7, 11) is 0. The van der Waals surface area contributed by atoms with Crippen molar-refractivity contribution in [3.05, 3.63) is 30.6 Å². The molecule has 0 amide bonds. The summed E-state index contributed by atoms with van der Waals surface area (Å²) in [6.07, 6.45) is 6.75. The molecule has 6 heteroatoms. The Morgan fingerprint density at radius 2 is 1.16 bits per heavy atom. The monoisotopic (exact) mass is 311 g/mol. The van der Waals surface area contributed by atoms with Crippen LogP contribution in [0.5, 0.6) is 0 Å². The molecule has 0 fully saturated rings. The standard InChI is InChI=1S/C9H14N.4CHO.Co/c1-2-3-7-10-8-5-4-6-9-10;4*1-2;/h4-6,8-9H,2-3,7H2,1H3;4*1H;/q+1;4*-1;. The van der Waals surface area contributed by atoms with E-state index < -0.39 is 0 Å². The number of aromatic nitrogens is 1. The van der Waals surface area contributed by atoms with E-state index in [1.807, 2.05) is 6.07 Å². The molecule has 0 saturated heterocycles. The minimum absolute atomic E-state index is 0. The van der Waals surface area contributed by atoms with E-state index in [0.717, 1.165) is 6.54 Å². The van der Waals surface area contributed by atoms with Crippen molar-refractivity contribution in [2.75, 3.05) is 0 Å². The molecule has 0 aromatic carbocycles. The number of carbonyl (C=O) groups excluding carboxylic acids is 4. The van der Waals surface area contributed by atoms with E-state index in [0.29, 0.717) is 0 Å². The second kappa shape index (κ2) is 44.1. The van der Waals surface area contributed by atoms with Gasteiger partial charge in [-0.25, -0.2) is 4.57 Å². The van der Waals surface area contributed by atoms with Gasteiger partial charge in [0.15, 0.2) is 12.4 Å². The summed E-state index contributed by atoms with van der Waals surface area (Å²) in [5.41, 5.74) is 0. The molecule has 0 atom stereocenters. The first kappa shape index (κ1) is 30.4. The zero-order valence-electron chi connectivity index (χ0n) is 10.7. The third-order valence-electron chi connectivity index (χ3n) is 1.55. The van der Waals surface area contributed by atoms with Gasteiger partial charge in [0.05, 0.1) is 0 Å². The summed E-state index contributed by atoms with van der Waals surface area (Å²) in [6, 6.07) is 6.17. The molecule has 0 aliphatic heterocycles. The van der Waals surface area contributed by atoms with Gasteiger partial charge in [-0.15, -0.1) is 0 Å². The molecule has 1 heterocycles. The van der Waals surface area contributed by atoms with Crippen LogP contribution in [-0.4, -0.2) is 27.2 Å². The number of unbranched alkanes of at least 4 members (excludes halogenated alkanes) is 1. The van der Waals surface area contributed by atoms with Crippen molar-refractivity contribution >= 4 is 27.2 Å². The number of hydrogen-bond donors (Lipinski definition) is 0. The minimum Gasteiger partial charge on any atom is -0.545 e. The zero-order valence-corrected chi connectivity index (χ0v) is 11.8. The van der Waals surface area contributed by atoms with E-state index in [9.17, 15) is 0 Å². The number of hydrogen-bond acceptors (Lipinski definition) is 4. The molecule has 1 radical (unpaired) electrons. The second-order valence-corrected chi connectivity index (χ2v) is 2.47. The SMILES string of the molecule is CCCC[n+]1ccccc1.[CH-]=O.[CH-]=O.[CH-]=O.[CH-]=O.[Co]. The summed E-state index contributed by atoms with van der Waals surface area (Å²) in [4.78, 5) is 31.0. The fourth-order valence-corrected chi connectivity index (χ4v) is 0.924. The molecular formula is C13H18CoNO4-3. The zero-order chi connectivity index (χ0) is 15.2. The average molecular weight is 311 g/mol. The molecule has 0 unspecified atom stereocenters. The Kier molecular flexibility index (Phi) is 70.5. The Balaban J connectivity index is -0.0000000628. The van der Waals surface area contributed by atoms with Crippen molar-refractivity contribution in [1.29, 1.82) is 0 Å². The molecule has 0 saturated carbocycles. The maximum atomic E-state index is 7.75. The smallest absolute Gasteiger partial charge is 0.168 e. The van der Waals surface area contributed by atoms with Gasteiger partial charge in [0, 0.05) is 35.3 Å². The molecule has 19 heavy (non-hydrogen) atoms. The van der Waals surface area contributed by atoms with Crippen molar-refractivity contribution in [1.82, 2.24) is 0 Å². The minimum atomic E-state index is 0. The molecule has 1 rings (SSSR count). The molecular weight excluding hydrogens is 293 g/mol. The number of pyridine rings is 1. The van der Waals surface area contributed by atoms with Gasteiger partial charge in [0.2, 0.25) is 0 Å². The molecule has 0 aliphatic rings. The Labute approximate surface area is 125 Å². The van der Waals surface area contributed by atoms with Crippen LogP contribution in [0.4, 0.5) is 0 Å². The summed E-state index contributed by atoms with van der Waals surface area (Å²) in [6.45, 7) is 16.4. The summed E-state index contributed by atoms with van der Waals surface area (Å²) in [5.74, 6) is 0. The van der Waals surface area contributed by atoms with E-state index in [4.69, 9.17) is 19.2 Å². The van der Waals surface area contributed by atoms with Gasteiger partial charge >= 0.3 is 0 Å². The Hall–Kier alpha value is -1.66. The summed E-state index contributed by atoms with van der Waals surface area (Å²) in [5, 5.41) is 0. The van der Waals surface area contributed by atoms with Gasteiger partial charge < -0.3 is 19.2 Å². The van der Waals surface area contributed by atoms with Crippen LogP contribution >= 0.6 is 0 Å². The van der Waals surface area contributed by atoms with Crippen molar-refractivity contribution in [3.63, 3.8) is 0 Å². The van der Waals surface area contributed by atoms with Crippen LogP contribution in [0.3, 0.4) is 0 Å². The van der Waals surface area contributed by atoms with E-state index in [-0.39, 0.29) is 16.8 Å². The third kappa shape index (κ3) is 31.4. The maximum Gasteiger partial charge on any atom is 0.168 e. The normalized spacial score (nSPS) is 5.95. The fourth-order valence-electron chi connectivity index (χ4n) is 0.924. The predicted molar refractivity (Wildman–Crippen MR) is 68.5 cm³/mol. The van der Waals surface area contributed by atoms with Crippen LogP contribution < -0.4 is 4.57 Å².